The van der Waals surface area contributed by atoms with Crippen LogP contribution in [0, 0.1) is 0 Å². The van der Waals surface area contributed by atoms with Gasteiger partial charge in [-0.3, -0.25) is 9.05 Å². The van der Waals surface area contributed by atoms with Crippen molar-refractivity contribution in [1.29, 1.82) is 0 Å². The van der Waals surface area contributed by atoms with E-state index < -0.39 is 20.4 Å². The van der Waals surface area contributed by atoms with Crippen LogP contribution in [-0.2, 0) is 23.1 Å². The quantitative estimate of drug-likeness (QED) is 0.517. The second-order valence-electron chi connectivity index (χ2n) is 2.83. The molecule has 0 aromatic carbocycles. The first kappa shape index (κ1) is 15.0. The first-order valence-electron chi connectivity index (χ1n) is 4.74. The van der Waals surface area contributed by atoms with E-state index in [1.807, 2.05) is 0 Å². The lowest BCUT2D eigenvalue weighted by Crippen LogP contribution is -2.17. The highest BCUT2D eigenvalue weighted by Gasteiger charge is 2.29. The summed E-state index contributed by atoms with van der Waals surface area (Å²) in [4.78, 5) is 9.33. The van der Waals surface area contributed by atoms with E-state index in [-0.39, 0.29) is 0 Å². The number of phosphoric ester groups is 1. The summed E-state index contributed by atoms with van der Waals surface area (Å²) in [6.45, 7) is 3.53. The minimum Gasteiger partial charge on any atom is -0.355 e. The van der Waals surface area contributed by atoms with Crippen LogP contribution in [-0.4, -0.2) is 31.7 Å². The molecule has 1 N–H and O–H groups in total. The summed E-state index contributed by atoms with van der Waals surface area (Å²) in [6.07, 6.45) is -0.604. The molecule has 0 spiro atoms. The third-order valence-corrected chi connectivity index (χ3v) is 2.70. The van der Waals surface area contributed by atoms with E-state index in [0.717, 1.165) is 0 Å². The summed E-state index contributed by atoms with van der Waals surface area (Å²) >= 11 is 0. The van der Waals surface area contributed by atoms with Crippen molar-refractivity contribution < 1.29 is 28.0 Å². The van der Waals surface area contributed by atoms with Crippen molar-refractivity contribution in [2.45, 2.75) is 39.3 Å². The second-order valence-corrected chi connectivity index (χ2v) is 4.19. The molecule has 0 saturated heterocycles. The van der Waals surface area contributed by atoms with Gasteiger partial charge in [0, 0.05) is 14.2 Å². The molecule has 15 heavy (non-hydrogen) atoms. The highest BCUT2D eigenvalue weighted by molar-refractivity contribution is 7.47. The van der Waals surface area contributed by atoms with E-state index >= 15 is 0 Å². The highest BCUT2D eigenvalue weighted by atomic mass is 31.2. The molecule has 0 aromatic heterocycles. The van der Waals surface area contributed by atoms with Gasteiger partial charge >= 0.3 is 7.82 Å². The Morgan fingerprint density at radius 2 is 1.40 bits per heavy atom. The maximum Gasteiger partial charge on any atom is 0.476 e. The van der Waals surface area contributed by atoms with Gasteiger partial charge in [-0.2, -0.15) is 0 Å². The van der Waals surface area contributed by atoms with Crippen LogP contribution >= 0.6 is 7.82 Å². The molecule has 6 nitrogen and oxygen atoms in total. The molecule has 0 bridgehead atoms. The predicted molar refractivity (Wildman–Crippen MR) is 54.2 cm³/mol. The first-order chi connectivity index (χ1) is 6.99. The Morgan fingerprint density at radius 3 is 1.60 bits per heavy atom. The largest absolute Gasteiger partial charge is 0.476 e. The minimum atomic E-state index is -4.12. The van der Waals surface area contributed by atoms with E-state index in [2.05, 4.69) is 0 Å². The second kappa shape index (κ2) is 7.33. The topological polar surface area (TPSA) is 74.2 Å². The Balaban J connectivity index is 4.21. The monoisotopic (exact) mass is 242 g/mol. The van der Waals surface area contributed by atoms with Crippen molar-refractivity contribution in [3.8, 4) is 0 Å². The van der Waals surface area contributed by atoms with Crippen LogP contribution in [0.15, 0.2) is 0 Å². The standard InChI is InChI=1S/C8H19O6P/c1-5-7(11-3)13-15(9,10)14-8(6-2)12-4/h7-8H,5-6H2,1-4H3,(H,9,10). The number of rotatable bonds is 8. The fourth-order valence-electron chi connectivity index (χ4n) is 0.890. The average Bonchev–Trinajstić information content (AvgIpc) is 2.22. The lowest BCUT2D eigenvalue weighted by atomic mass is 10.5. The Bertz CT molecular complexity index is 183. The van der Waals surface area contributed by atoms with Crippen molar-refractivity contribution in [1.82, 2.24) is 0 Å². The summed E-state index contributed by atoms with van der Waals surface area (Å²) in [5, 5.41) is 0. The molecule has 0 aliphatic carbocycles. The molecule has 0 aliphatic rings. The van der Waals surface area contributed by atoms with Gasteiger partial charge < -0.3 is 14.4 Å². The van der Waals surface area contributed by atoms with Gasteiger partial charge in [0.2, 0.25) is 0 Å². The molecule has 0 heterocycles. The van der Waals surface area contributed by atoms with Gasteiger partial charge in [-0.25, -0.2) is 4.57 Å². The summed E-state index contributed by atoms with van der Waals surface area (Å²) in [7, 11) is -1.34. The molecular weight excluding hydrogens is 223 g/mol. The van der Waals surface area contributed by atoms with E-state index in [1.165, 1.54) is 14.2 Å². The lowest BCUT2D eigenvalue weighted by Gasteiger charge is -2.21. The van der Waals surface area contributed by atoms with Crippen molar-refractivity contribution in [2.75, 3.05) is 14.2 Å². The summed E-state index contributed by atoms with van der Waals surface area (Å²) in [5.41, 5.74) is 0. The summed E-state index contributed by atoms with van der Waals surface area (Å²) in [6, 6.07) is 0. The first-order valence-corrected chi connectivity index (χ1v) is 6.23. The fourth-order valence-corrected chi connectivity index (χ4v) is 2.00. The Hall–Kier alpha value is 0.0300. The molecule has 0 aromatic rings. The maximum absolute atomic E-state index is 11.4. The van der Waals surface area contributed by atoms with Gasteiger partial charge in [0.15, 0.2) is 12.6 Å². The molecule has 92 valence electrons. The van der Waals surface area contributed by atoms with Crippen LogP contribution in [0.1, 0.15) is 26.7 Å². The van der Waals surface area contributed by atoms with Crippen molar-refractivity contribution in [3.05, 3.63) is 0 Å². The number of phosphoric acid groups is 1. The highest BCUT2D eigenvalue weighted by Crippen LogP contribution is 2.46. The van der Waals surface area contributed by atoms with Crippen LogP contribution in [0.25, 0.3) is 0 Å². The zero-order chi connectivity index (χ0) is 11.9. The third-order valence-electron chi connectivity index (χ3n) is 1.69. The van der Waals surface area contributed by atoms with Gasteiger partial charge in [-0.05, 0) is 12.8 Å². The number of methoxy groups -OCH3 is 2. The van der Waals surface area contributed by atoms with Gasteiger partial charge in [0.1, 0.15) is 0 Å². The van der Waals surface area contributed by atoms with Crippen LogP contribution in [0.2, 0.25) is 0 Å². The van der Waals surface area contributed by atoms with Crippen molar-refractivity contribution >= 4 is 7.82 Å². The van der Waals surface area contributed by atoms with E-state index in [0.29, 0.717) is 12.8 Å². The normalized spacial score (nSPS) is 19.5. The molecule has 0 fully saturated rings. The smallest absolute Gasteiger partial charge is 0.355 e. The lowest BCUT2D eigenvalue weighted by molar-refractivity contribution is -0.110. The van der Waals surface area contributed by atoms with E-state index in [1.54, 1.807) is 13.8 Å². The van der Waals surface area contributed by atoms with Crippen LogP contribution < -0.4 is 0 Å². The zero-order valence-electron chi connectivity index (χ0n) is 9.50. The van der Waals surface area contributed by atoms with Crippen LogP contribution in [0.4, 0.5) is 0 Å². The fraction of sp³-hybridized carbons (Fsp3) is 1.00. The van der Waals surface area contributed by atoms with E-state index in [4.69, 9.17) is 18.5 Å². The summed E-state index contributed by atoms with van der Waals surface area (Å²) < 4.78 is 30.6. The van der Waals surface area contributed by atoms with Crippen molar-refractivity contribution in [2.24, 2.45) is 0 Å². The Kier molecular flexibility index (Phi) is 7.34. The SMILES string of the molecule is CCC(OC)OP(=O)(O)OC(CC)OC. The average molecular weight is 242 g/mol. The molecule has 0 radical (unpaired) electrons. The molecule has 7 heteroatoms. The number of hydrogen-bond donors (Lipinski definition) is 1. The van der Waals surface area contributed by atoms with Crippen LogP contribution in [0.5, 0.6) is 0 Å². The minimum absolute atomic E-state index is 0.453. The Labute approximate surface area is 90.1 Å². The molecular formula is C8H19O6P. The maximum atomic E-state index is 11.4. The van der Waals surface area contributed by atoms with Gasteiger partial charge in [0.25, 0.3) is 0 Å². The van der Waals surface area contributed by atoms with Gasteiger partial charge in [0.05, 0.1) is 0 Å². The van der Waals surface area contributed by atoms with E-state index in [9.17, 15) is 9.46 Å². The predicted octanol–water partition coefficient (Wildman–Crippen LogP) is 1.89. The molecule has 0 saturated carbocycles. The van der Waals surface area contributed by atoms with Gasteiger partial charge in [-0.1, -0.05) is 13.8 Å². The zero-order valence-corrected chi connectivity index (χ0v) is 10.4. The number of hydrogen-bond acceptors (Lipinski definition) is 5. The summed E-state index contributed by atoms with van der Waals surface area (Å²) in [5.74, 6) is 0. The molecule has 2 atom stereocenters. The Morgan fingerprint density at radius 1 is 1.07 bits per heavy atom. The van der Waals surface area contributed by atoms with Crippen LogP contribution in [0.3, 0.4) is 0 Å². The third kappa shape index (κ3) is 6.25. The molecule has 0 aliphatic heterocycles. The number of ether oxygens (including phenoxy) is 2. The van der Waals surface area contributed by atoms with Crippen molar-refractivity contribution in [3.63, 3.8) is 0 Å². The van der Waals surface area contributed by atoms with Gasteiger partial charge in [-0.15, -0.1) is 0 Å². The molecule has 2 unspecified atom stereocenters. The molecule has 0 rings (SSSR count). The molecule has 0 amide bonds.